The minimum Gasteiger partial charge on any atom is -0.383 e. The second-order valence-corrected chi connectivity index (χ2v) is 6.80. The van der Waals surface area contributed by atoms with Crippen LogP contribution in [0.4, 0.5) is 0 Å². The number of ether oxygens (including phenoxy) is 1. The van der Waals surface area contributed by atoms with E-state index in [9.17, 15) is 13.2 Å². The number of benzene rings is 1. The predicted molar refractivity (Wildman–Crippen MR) is 85.8 cm³/mol. The van der Waals surface area contributed by atoms with Gasteiger partial charge in [0, 0.05) is 32.3 Å². The largest absolute Gasteiger partial charge is 0.383 e. The first-order valence-electron chi connectivity index (χ1n) is 6.95. The van der Waals surface area contributed by atoms with Crippen molar-refractivity contribution in [1.82, 2.24) is 9.62 Å². The topological polar surface area (TPSA) is 75.7 Å². The standard InChI is InChI=1S/C14H21ClN2O4S/c1-4-17(5-2)22(19,20)13-10-11(6-7-12(13)15)14(18)16-8-9-21-3/h6-7,10H,4-5,8-9H2,1-3H3,(H,16,18). The first kappa shape index (κ1) is 18.9. The third kappa shape index (κ3) is 4.42. The zero-order chi connectivity index (χ0) is 16.8. The van der Waals surface area contributed by atoms with Gasteiger partial charge in [-0.1, -0.05) is 25.4 Å². The number of hydrogen-bond donors (Lipinski definition) is 1. The number of amides is 1. The lowest BCUT2D eigenvalue weighted by Gasteiger charge is -2.19. The van der Waals surface area contributed by atoms with Gasteiger partial charge in [-0.3, -0.25) is 4.79 Å². The molecule has 0 fully saturated rings. The van der Waals surface area contributed by atoms with E-state index in [0.717, 1.165) is 0 Å². The summed E-state index contributed by atoms with van der Waals surface area (Å²) in [6.45, 7) is 4.88. The van der Waals surface area contributed by atoms with E-state index in [4.69, 9.17) is 16.3 Å². The molecule has 8 heteroatoms. The van der Waals surface area contributed by atoms with Crippen LogP contribution in [0.2, 0.25) is 5.02 Å². The molecule has 0 atom stereocenters. The van der Waals surface area contributed by atoms with E-state index in [1.165, 1.54) is 29.6 Å². The lowest BCUT2D eigenvalue weighted by Crippen LogP contribution is -2.31. The number of halogens is 1. The van der Waals surface area contributed by atoms with Crippen LogP contribution in [0, 0.1) is 0 Å². The van der Waals surface area contributed by atoms with Crippen LogP contribution >= 0.6 is 11.6 Å². The highest BCUT2D eigenvalue weighted by Crippen LogP contribution is 2.25. The van der Waals surface area contributed by atoms with Crippen LogP contribution in [0.15, 0.2) is 23.1 Å². The Morgan fingerprint density at radius 3 is 2.50 bits per heavy atom. The molecule has 6 nitrogen and oxygen atoms in total. The van der Waals surface area contributed by atoms with Crippen LogP contribution in [0.25, 0.3) is 0 Å². The molecule has 0 heterocycles. The highest BCUT2D eigenvalue weighted by Gasteiger charge is 2.25. The molecule has 1 rings (SSSR count). The second kappa shape index (κ2) is 8.47. The maximum absolute atomic E-state index is 12.5. The van der Waals surface area contributed by atoms with Crippen molar-refractivity contribution in [1.29, 1.82) is 0 Å². The minimum absolute atomic E-state index is 0.0581. The molecule has 0 aliphatic carbocycles. The van der Waals surface area contributed by atoms with E-state index in [1.807, 2.05) is 0 Å². The molecule has 1 aromatic carbocycles. The Labute approximate surface area is 136 Å². The minimum atomic E-state index is -3.72. The van der Waals surface area contributed by atoms with Gasteiger partial charge in [-0.15, -0.1) is 0 Å². The van der Waals surface area contributed by atoms with Crippen LogP contribution in [0.5, 0.6) is 0 Å². The third-order valence-electron chi connectivity index (χ3n) is 3.11. The van der Waals surface area contributed by atoms with Crippen molar-refractivity contribution < 1.29 is 17.9 Å². The number of nitrogens with one attached hydrogen (secondary N) is 1. The van der Waals surface area contributed by atoms with Gasteiger partial charge in [0.2, 0.25) is 10.0 Å². The Kier molecular flexibility index (Phi) is 7.28. The second-order valence-electron chi connectivity index (χ2n) is 4.48. The maximum atomic E-state index is 12.5. The van der Waals surface area contributed by atoms with Gasteiger partial charge in [-0.2, -0.15) is 4.31 Å². The van der Waals surface area contributed by atoms with E-state index in [1.54, 1.807) is 13.8 Å². The zero-order valence-corrected chi connectivity index (χ0v) is 14.5. The van der Waals surface area contributed by atoms with Gasteiger partial charge in [0.25, 0.3) is 5.91 Å². The normalized spacial score (nSPS) is 11.7. The van der Waals surface area contributed by atoms with Crippen LogP contribution in [0.3, 0.4) is 0 Å². The highest BCUT2D eigenvalue weighted by molar-refractivity contribution is 7.89. The first-order valence-corrected chi connectivity index (χ1v) is 8.77. The fourth-order valence-corrected chi connectivity index (χ4v) is 3.87. The summed E-state index contributed by atoms with van der Waals surface area (Å²) in [5, 5.41) is 2.74. The fourth-order valence-electron chi connectivity index (χ4n) is 1.91. The summed E-state index contributed by atoms with van der Waals surface area (Å²) >= 11 is 6.01. The Morgan fingerprint density at radius 2 is 1.95 bits per heavy atom. The Bertz CT molecular complexity index is 615. The van der Waals surface area contributed by atoms with Gasteiger partial charge < -0.3 is 10.1 Å². The molecule has 22 heavy (non-hydrogen) atoms. The lowest BCUT2D eigenvalue weighted by molar-refractivity contribution is 0.0937. The summed E-state index contributed by atoms with van der Waals surface area (Å²) in [5.74, 6) is -0.371. The zero-order valence-electron chi connectivity index (χ0n) is 12.9. The van der Waals surface area contributed by atoms with Crippen molar-refractivity contribution in [2.24, 2.45) is 0 Å². The molecule has 0 radical (unpaired) electrons. The molecule has 0 aliphatic rings. The molecule has 0 aliphatic heterocycles. The molecule has 0 aromatic heterocycles. The number of carbonyl (C=O) groups is 1. The molecular weight excluding hydrogens is 328 g/mol. The summed E-state index contributed by atoms with van der Waals surface area (Å²) in [6.07, 6.45) is 0. The number of rotatable bonds is 8. The molecule has 0 unspecified atom stereocenters. The summed E-state index contributed by atoms with van der Waals surface area (Å²) in [4.78, 5) is 11.9. The van der Waals surface area contributed by atoms with Crippen molar-refractivity contribution in [3.05, 3.63) is 28.8 Å². The summed E-state index contributed by atoms with van der Waals surface area (Å²) < 4.78 is 31.2. The van der Waals surface area contributed by atoms with Crippen molar-refractivity contribution in [3.63, 3.8) is 0 Å². The monoisotopic (exact) mass is 348 g/mol. The number of hydrogen-bond acceptors (Lipinski definition) is 4. The van der Waals surface area contributed by atoms with Gasteiger partial charge in [0.05, 0.1) is 11.6 Å². The first-order chi connectivity index (χ1) is 10.4. The number of sulfonamides is 1. The quantitative estimate of drug-likeness (QED) is 0.726. The molecule has 1 amide bonds. The van der Waals surface area contributed by atoms with E-state index < -0.39 is 10.0 Å². The average Bonchev–Trinajstić information content (AvgIpc) is 2.48. The number of methoxy groups -OCH3 is 1. The Hall–Kier alpha value is -1.15. The van der Waals surface area contributed by atoms with Gasteiger partial charge in [0.15, 0.2) is 0 Å². The lowest BCUT2D eigenvalue weighted by atomic mass is 10.2. The van der Waals surface area contributed by atoms with E-state index >= 15 is 0 Å². The van der Waals surface area contributed by atoms with Crippen LogP contribution in [-0.2, 0) is 14.8 Å². The van der Waals surface area contributed by atoms with Crippen LogP contribution in [0.1, 0.15) is 24.2 Å². The van der Waals surface area contributed by atoms with Crippen LogP contribution < -0.4 is 5.32 Å². The van der Waals surface area contributed by atoms with E-state index in [2.05, 4.69) is 5.32 Å². The molecule has 1 N–H and O–H groups in total. The maximum Gasteiger partial charge on any atom is 0.251 e. The summed E-state index contributed by atoms with van der Waals surface area (Å²) in [5.41, 5.74) is 0.242. The molecule has 124 valence electrons. The number of carbonyl (C=O) groups excluding carboxylic acids is 1. The predicted octanol–water partition coefficient (Wildman–Crippen LogP) is 1.75. The number of nitrogens with zero attached hydrogens (tertiary/aromatic N) is 1. The fraction of sp³-hybridized carbons (Fsp3) is 0.500. The molecular formula is C14H21ClN2O4S. The molecule has 1 aromatic rings. The SMILES string of the molecule is CCN(CC)S(=O)(=O)c1cc(C(=O)NCCOC)ccc1Cl. The van der Waals surface area contributed by atoms with Gasteiger partial charge >= 0.3 is 0 Å². The van der Waals surface area contributed by atoms with E-state index in [-0.39, 0.29) is 21.4 Å². The Balaban J connectivity index is 3.12. The highest BCUT2D eigenvalue weighted by atomic mass is 35.5. The van der Waals surface area contributed by atoms with Crippen molar-refractivity contribution in [2.75, 3.05) is 33.4 Å². The third-order valence-corrected chi connectivity index (χ3v) is 5.64. The summed E-state index contributed by atoms with van der Waals surface area (Å²) in [7, 11) is -2.19. The smallest absolute Gasteiger partial charge is 0.251 e. The van der Waals surface area contributed by atoms with E-state index in [0.29, 0.717) is 26.2 Å². The average molecular weight is 349 g/mol. The van der Waals surface area contributed by atoms with Crippen LogP contribution in [-0.4, -0.2) is 52.0 Å². The van der Waals surface area contributed by atoms with Crippen molar-refractivity contribution in [3.8, 4) is 0 Å². The van der Waals surface area contributed by atoms with Gasteiger partial charge in [-0.25, -0.2) is 8.42 Å². The van der Waals surface area contributed by atoms with Crippen molar-refractivity contribution in [2.45, 2.75) is 18.7 Å². The van der Waals surface area contributed by atoms with Gasteiger partial charge in [-0.05, 0) is 18.2 Å². The summed E-state index contributed by atoms with van der Waals surface area (Å²) in [6, 6.07) is 4.22. The van der Waals surface area contributed by atoms with Gasteiger partial charge in [0.1, 0.15) is 4.90 Å². The molecule has 0 saturated heterocycles. The van der Waals surface area contributed by atoms with Crippen molar-refractivity contribution >= 4 is 27.5 Å². The molecule has 0 bridgehead atoms. The molecule has 0 saturated carbocycles. The Morgan fingerprint density at radius 1 is 1.32 bits per heavy atom. The molecule has 0 spiro atoms.